The second-order valence-corrected chi connectivity index (χ2v) is 3.06. The Hall–Kier alpha value is -1.33. The molecule has 0 aliphatic heterocycles. The van der Waals surface area contributed by atoms with Gasteiger partial charge in [0.2, 0.25) is 0 Å². The second-order valence-electron chi connectivity index (χ2n) is 2.49. The van der Waals surface area contributed by atoms with Gasteiger partial charge in [-0.3, -0.25) is 0 Å². The van der Waals surface area contributed by atoms with Crippen LogP contribution in [0.15, 0.2) is 30.5 Å². The molecule has 4 nitrogen and oxygen atoms in total. The average molecular weight is 196 g/mol. The lowest BCUT2D eigenvalue weighted by Crippen LogP contribution is -1.96. The minimum atomic E-state index is -2.52. The molecule has 1 heterocycles. The molecule has 5 heteroatoms. The number of rotatable bonds is 2. The SMILES string of the molecule is O=S([O-])Oc1c[nH]c2ccccc12. The molecule has 0 saturated heterocycles. The number of aromatic nitrogens is 1. The molecule has 2 rings (SSSR count). The molecule has 1 unspecified atom stereocenters. The molecule has 0 radical (unpaired) electrons. The van der Waals surface area contributed by atoms with Crippen molar-refractivity contribution in [1.29, 1.82) is 0 Å². The molecule has 68 valence electrons. The van der Waals surface area contributed by atoms with E-state index in [0.717, 1.165) is 10.9 Å². The van der Waals surface area contributed by atoms with Gasteiger partial charge < -0.3 is 13.7 Å². The largest absolute Gasteiger partial charge is 0.740 e. The zero-order valence-electron chi connectivity index (χ0n) is 6.52. The average Bonchev–Trinajstić information content (AvgIpc) is 2.48. The van der Waals surface area contributed by atoms with Crippen molar-refractivity contribution < 1.29 is 12.9 Å². The lowest BCUT2D eigenvalue weighted by molar-refractivity contribution is 0.442. The van der Waals surface area contributed by atoms with Crippen molar-refractivity contribution in [3.63, 3.8) is 0 Å². The number of hydrogen-bond acceptors (Lipinski definition) is 3. The van der Waals surface area contributed by atoms with E-state index in [1.165, 1.54) is 6.20 Å². The monoisotopic (exact) mass is 196 g/mol. The number of aromatic amines is 1. The van der Waals surface area contributed by atoms with Crippen molar-refractivity contribution in [1.82, 2.24) is 4.98 Å². The van der Waals surface area contributed by atoms with Crippen LogP contribution in [0.1, 0.15) is 0 Å². The topological polar surface area (TPSA) is 65.2 Å². The third-order valence-electron chi connectivity index (χ3n) is 1.71. The molecule has 1 N–H and O–H groups in total. The molecule has 2 aromatic rings. The zero-order valence-corrected chi connectivity index (χ0v) is 7.34. The normalized spacial score (nSPS) is 13.0. The van der Waals surface area contributed by atoms with Crippen LogP contribution in [-0.2, 0) is 11.4 Å². The molecule has 13 heavy (non-hydrogen) atoms. The van der Waals surface area contributed by atoms with E-state index in [1.54, 1.807) is 6.07 Å². The van der Waals surface area contributed by atoms with Gasteiger partial charge in [0.25, 0.3) is 0 Å². The first-order valence-electron chi connectivity index (χ1n) is 3.61. The molecule has 1 aromatic heterocycles. The van der Waals surface area contributed by atoms with E-state index < -0.39 is 11.4 Å². The molecule has 1 aromatic carbocycles. The third-order valence-corrected chi connectivity index (χ3v) is 2.02. The number of benzene rings is 1. The number of nitrogens with one attached hydrogen (secondary N) is 1. The highest BCUT2D eigenvalue weighted by molar-refractivity contribution is 7.74. The highest BCUT2D eigenvalue weighted by Crippen LogP contribution is 2.24. The predicted octanol–water partition coefficient (Wildman–Crippen LogP) is 1.34. The number of H-pyrrole nitrogens is 1. The fourth-order valence-corrected chi connectivity index (χ4v) is 1.47. The van der Waals surface area contributed by atoms with Crippen molar-refractivity contribution in [3.8, 4) is 5.75 Å². The van der Waals surface area contributed by atoms with Gasteiger partial charge in [-0.2, -0.15) is 0 Å². The summed E-state index contributed by atoms with van der Waals surface area (Å²) in [5, 5.41) is 0.756. The van der Waals surface area contributed by atoms with Gasteiger partial charge in [-0.25, -0.2) is 4.21 Å². The Morgan fingerprint density at radius 3 is 2.92 bits per heavy atom. The molecule has 0 saturated carbocycles. The van der Waals surface area contributed by atoms with E-state index in [0.29, 0.717) is 5.75 Å². The maximum atomic E-state index is 10.3. The van der Waals surface area contributed by atoms with E-state index in [-0.39, 0.29) is 0 Å². The number of para-hydroxylation sites is 1. The Kier molecular flexibility index (Phi) is 2.03. The molecule has 0 aliphatic carbocycles. The van der Waals surface area contributed by atoms with Crippen LogP contribution in [0, 0.1) is 0 Å². The van der Waals surface area contributed by atoms with Crippen LogP contribution in [-0.4, -0.2) is 13.7 Å². The standard InChI is InChI=1S/C8H7NO3S/c10-13(11)12-8-5-9-7-4-2-1-3-6(7)8/h1-5,9H,(H,10,11)/p-1. The van der Waals surface area contributed by atoms with Gasteiger partial charge in [0.05, 0.1) is 0 Å². The zero-order chi connectivity index (χ0) is 9.26. The fourth-order valence-electron chi connectivity index (χ4n) is 1.19. The predicted molar refractivity (Wildman–Crippen MR) is 47.8 cm³/mol. The summed E-state index contributed by atoms with van der Waals surface area (Å²) < 4.78 is 25.1. The summed E-state index contributed by atoms with van der Waals surface area (Å²) in [5.74, 6) is 0.323. The Morgan fingerprint density at radius 1 is 1.38 bits per heavy atom. The van der Waals surface area contributed by atoms with E-state index >= 15 is 0 Å². The van der Waals surface area contributed by atoms with Crippen LogP contribution in [0.2, 0.25) is 0 Å². The molecule has 0 spiro atoms. The smallest absolute Gasteiger partial charge is 0.164 e. The van der Waals surface area contributed by atoms with E-state index in [2.05, 4.69) is 9.17 Å². The van der Waals surface area contributed by atoms with Crippen LogP contribution in [0.5, 0.6) is 5.75 Å². The van der Waals surface area contributed by atoms with Gasteiger partial charge in [0.15, 0.2) is 5.75 Å². The summed E-state index contributed by atoms with van der Waals surface area (Å²) >= 11 is -2.52. The Balaban J connectivity index is 2.51. The lowest BCUT2D eigenvalue weighted by atomic mass is 10.2. The van der Waals surface area contributed by atoms with Gasteiger partial charge in [0.1, 0.15) is 11.4 Å². The third kappa shape index (κ3) is 1.56. The molecule has 0 aliphatic rings. The molecular formula is C8H6NO3S-. The van der Waals surface area contributed by atoms with Crippen molar-refractivity contribution in [2.45, 2.75) is 0 Å². The first kappa shape index (κ1) is 8.28. The van der Waals surface area contributed by atoms with Gasteiger partial charge in [-0.1, -0.05) is 12.1 Å². The first-order chi connectivity index (χ1) is 6.27. The van der Waals surface area contributed by atoms with Gasteiger partial charge in [0, 0.05) is 17.1 Å². The molecular weight excluding hydrogens is 190 g/mol. The summed E-state index contributed by atoms with van der Waals surface area (Å²) in [6.07, 6.45) is 1.51. The quantitative estimate of drug-likeness (QED) is 0.737. The summed E-state index contributed by atoms with van der Waals surface area (Å²) in [5.41, 5.74) is 0.850. The Bertz CT molecular complexity index is 451. The van der Waals surface area contributed by atoms with Crippen molar-refractivity contribution in [3.05, 3.63) is 30.5 Å². The fraction of sp³-hybridized carbons (Fsp3) is 0. The minimum absolute atomic E-state index is 0.323. The van der Waals surface area contributed by atoms with Crippen molar-refractivity contribution in [2.24, 2.45) is 0 Å². The van der Waals surface area contributed by atoms with Crippen molar-refractivity contribution in [2.75, 3.05) is 0 Å². The van der Waals surface area contributed by atoms with Gasteiger partial charge in [-0.15, -0.1) is 0 Å². The van der Waals surface area contributed by atoms with E-state index in [9.17, 15) is 8.76 Å². The molecule has 0 fully saturated rings. The van der Waals surface area contributed by atoms with Crippen LogP contribution < -0.4 is 4.18 Å². The lowest BCUT2D eigenvalue weighted by Gasteiger charge is -2.04. The summed E-state index contributed by atoms with van der Waals surface area (Å²) in [4.78, 5) is 2.90. The van der Waals surface area contributed by atoms with Crippen LogP contribution in [0.4, 0.5) is 0 Å². The highest BCUT2D eigenvalue weighted by Gasteiger charge is 2.02. The summed E-state index contributed by atoms with van der Waals surface area (Å²) in [6.45, 7) is 0. The highest BCUT2D eigenvalue weighted by atomic mass is 32.2. The van der Waals surface area contributed by atoms with Gasteiger partial charge in [-0.05, 0) is 12.1 Å². The minimum Gasteiger partial charge on any atom is -0.740 e. The van der Waals surface area contributed by atoms with Crippen LogP contribution >= 0.6 is 0 Å². The van der Waals surface area contributed by atoms with E-state index in [4.69, 9.17) is 0 Å². The first-order valence-corrected chi connectivity index (χ1v) is 4.61. The molecule has 0 bridgehead atoms. The maximum absolute atomic E-state index is 10.3. The Labute approximate surface area is 77.0 Å². The summed E-state index contributed by atoms with van der Waals surface area (Å²) in [6, 6.07) is 7.30. The summed E-state index contributed by atoms with van der Waals surface area (Å²) in [7, 11) is 0. The second kappa shape index (κ2) is 3.20. The van der Waals surface area contributed by atoms with Gasteiger partial charge >= 0.3 is 0 Å². The Morgan fingerprint density at radius 2 is 2.15 bits per heavy atom. The maximum Gasteiger partial charge on any atom is 0.164 e. The number of fused-ring (bicyclic) bond motifs is 1. The van der Waals surface area contributed by atoms with E-state index in [1.807, 2.05) is 18.2 Å². The number of hydrogen-bond donors (Lipinski definition) is 1. The molecule has 1 atom stereocenters. The van der Waals surface area contributed by atoms with Crippen LogP contribution in [0.3, 0.4) is 0 Å². The van der Waals surface area contributed by atoms with Crippen molar-refractivity contribution >= 4 is 22.3 Å². The van der Waals surface area contributed by atoms with Crippen LogP contribution in [0.25, 0.3) is 10.9 Å². The molecule has 0 amide bonds.